The minimum Gasteiger partial charge on any atom is -0.341 e. The molecule has 2 atom stereocenters. The summed E-state index contributed by atoms with van der Waals surface area (Å²) in [6.45, 7) is 9.09. The van der Waals surface area contributed by atoms with E-state index in [-0.39, 0.29) is 18.1 Å². The van der Waals surface area contributed by atoms with Gasteiger partial charge >= 0.3 is 5.69 Å². The molecule has 0 aromatic carbocycles. The van der Waals surface area contributed by atoms with Crippen molar-refractivity contribution in [3.63, 3.8) is 0 Å². The molecule has 1 aliphatic heterocycles. The van der Waals surface area contributed by atoms with Crippen LogP contribution in [0.1, 0.15) is 31.7 Å². The van der Waals surface area contributed by atoms with E-state index in [0.29, 0.717) is 23.2 Å². The van der Waals surface area contributed by atoms with E-state index in [1.165, 1.54) is 4.68 Å². The average molecular weight is 294 g/mol. The lowest BCUT2D eigenvalue weighted by atomic mass is 9.92. The fraction of sp³-hybridized carbons (Fsp3) is 0.714. The Labute approximate surface area is 124 Å². The van der Waals surface area contributed by atoms with Crippen molar-refractivity contribution in [3.05, 3.63) is 21.5 Å². The second kappa shape index (κ2) is 5.83. The summed E-state index contributed by atoms with van der Waals surface area (Å²) in [5, 5.41) is 15.1. The second-order valence-electron chi connectivity index (χ2n) is 6.18. The van der Waals surface area contributed by atoms with Crippen LogP contribution < -0.4 is 0 Å². The van der Waals surface area contributed by atoms with E-state index in [0.717, 1.165) is 19.5 Å². The Bertz CT molecular complexity index is 557. The van der Waals surface area contributed by atoms with E-state index < -0.39 is 4.92 Å². The van der Waals surface area contributed by atoms with Gasteiger partial charge in [-0.15, -0.1) is 0 Å². The lowest BCUT2D eigenvalue weighted by Gasteiger charge is -2.35. The Hall–Kier alpha value is -1.92. The number of amides is 1. The van der Waals surface area contributed by atoms with E-state index in [2.05, 4.69) is 18.9 Å². The number of rotatable bonds is 3. The zero-order chi connectivity index (χ0) is 15.7. The molecule has 2 heterocycles. The van der Waals surface area contributed by atoms with Gasteiger partial charge in [-0.2, -0.15) is 5.10 Å². The molecule has 116 valence electrons. The van der Waals surface area contributed by atoms with Gasteiger partial charge in [0.15, 0.2) is 0 Å². The summed E-state index contributed by atoms with van der Waals surface area (Å²) < 4.78 is 1.44. The van der Waals surface area contributed by atoms with E-state index in [9.17, 15) is 14.9 Å². The van der Waals surface area contributed by atoms with Crippen molar-refractivity contribution < 1.29 is 9.72 Å². The molecule has 7 heteroatoms. The van der Waals surface area contributed by atoms with Gasteiger partial charge in [-0.25, -0.2) is 0 Å². The Morgan fingerprint density at radius 2 is 1.90 bits per heavy atom. The summed E-state index contributed by atoms with van der Waals surface area (Å²) >= 11 is 0. The molecule has 0 bridgehead atoms. The van der Waals surface area contributed by atoms with E-state index >= 15 is 0 Å². The van der Waals surface area contributed by atoms with Crippen LogP contribution in [0.15, 0.2) is 0 Å². The van der Waals surface area contributed by atoms with Crippen molar-refractivity contribution in [2.75, 3.05) is 13.1 Å². The van der Waals surface area contributed by atoms with Crippen molar-refractivity contribution in [3.8, 4) is 0 Å². The first-order chi connectivity index (χ1) is 9.79. The van der Waals surface area contributed by atoms with Gasteiger partial charge < -0.3 is 4.90 Å². The molecule has 0 spiro atoms. The van der Waals surface area contributed by atoms with Gasteiger partial charge in [0.1, 0.15) is 17.9 Å². The van der Waals surface area contributed by atoms with Crippen molar-refractivity contribution in [2.45, 2.75) is 40.7 Å². The summed E-state index contributed by atoms with van der Waals surface area (Å²) in [5.41, 5.74) is 0.790. The average Bonchev–Trinajstić information content (AvgIpc) is 2.63. The molecule has 21 heavy (non-hydrogen) atoms. The molecule has 1 fully saturated rings. The number of likely N-dealkylation sites (tertiary alicyclic amines) is 1. The summed E-state index contributed by atoms with van der Waals surface area (Å²) in [7, 11) is 0. The lowest BCUT2D eigenvalue weighted by Crippen LogP contribution is -2.44. The molecule has 1 aromatic heterocycles. The first-order valence-electron chi connectivity index (χ1n) is 7.25. The Balaban J connectivity index is 2.13. The zero-order valence-electron chi connectivity index (χ0n) is 13.0. The quantitative estimate of drug-likeness (QED) is 0.630. The number of nitro groups is 1. The topological polar surface area (TPSA) is 81.3 Å². The zero-order valence-corrected chi connectivity index (χ0v) is 13.0. The maximum Gasteiger partial charge on any atom is 0.312 e. The Morgan fingerprint density at radius 1 is 1.33 bits per heavy atom. The number of piperidine rings is 1. The number of carbonyl (C=O) groups is 1. The summed E-state index contributed by atoms with van der Waals surface area (Å²) in [4.78, 5) is 24.8. The van der Waals surface area contributed by atoms with Gasteiger partial charge in [0, 0.05) is 13.1 Å². The first-order valence-corrected chi connectivity index (χ1v) is 7.25. The third kappa shape index (κ3) is 3.22. The highest BCUT2D eigenvalue weighted by molar-refractivity contribution is 5.76. The molecule has 1 saturated heterocycles. The molecule has 1 amide bonds. The van der Waals surface area contributed by atoms with Crippen LogP contribution in [0.2, 0.25) is 0 Å². The highest BCUT2D eigenvalue weighted by atomic mass is 16.6. The van der Waals surface area contributed by atoms with E-state index in [1.807, 2.05) is 4.90 Å². The van der Waals surface area contributed by atoms with Crippen molar-refractivity contribution in [1.29, 1.82) is 0 Å². The number of hydrogen-bond donors (Lipinski definition) is 0. The van der Waals surface area contributed by atoms with Gasteiger partial charge in [-0.05, 0) is 32.1 Å². The molecule has 7 nitrogen and oxygen atoms in total. The maximum absolute atomic E-state index is 12.4. The Kier molecular flexibility index (Phi) is 4.29. The number of aromatic nitrogens is 2. The monoisotopic (exact) mass is 294 g/mol. The van der Waals surface area contributed by atoms with Crippen LogP contribution in [0.5, 0.6) is 0 Å². The van der Waals surface area contributed by atoms with Gasteiger partial charge in [0.25, 0.3) is 0 Å². The van der Waals surface area contributed by atoms with Gasteiger partial charge in [0.05, 0.1) is 4.92 Å². The van der Waals surface area contributed by atoms with Crippen molar-refractivity contribution in [2.24, 2.45) is 11.8 Å². The normalized spacial score (nSPS) is 22.4. The number of aryl methyl sites for hydroxylation is 1. The largest absolute Gasteiger partial charge is 0.341 e. The SMILES string of the molecule is Cc1nn(CC(=O)N2CC(C)CC(C)C2)c(C)c1[N+](=O)[O-]. The molecule has 2 rings (SSSR count). The van der Waals surface area contributed by atoms with Gasteiger partial charge in [-0.1, -0.05) is 13.8 Å². The van der Waals surface area contributed by atoms with Crippen LogP contribution in [0.25, 0.3) is 0 Å². The fourth-order valence-electron chi connectivity index (χ4n) is 3.20. The van der Waals surface area contributed by atoms with E-state index in [4.69, 9.17) is 0 Å². The van der Waals surface area contributed by atoms with Crippen LogP contribution in [0, 0.1) is 35.8 Å². The summed E-state index contributed by atoms with van der Waals surface area (Å²) in [6.07, 6.45) is 1.13. The van der Waals surface area contributed by atoms with Gasteiger partial charge in [-0.3, -0.25) is 19.6 Å². The molecule has 0 N–H and O–H groups in total. The van der Waals surface area contributed by atoms with Gasteiger partial charge in [0.2, 0.25) is 5.91 Å². The molecule has 0 radical (unpaired) electrons. The molecule has 0 saturated carbocycles. The maximum atomic E-state index is 12.4. The number of hydrogen-bond acceptors (Lipinski definition) is 4. The van der Waals surface area contributed by atoms with Crippen molar-refractivity contribution in [1.82, 2.24) is 14.7 Å². The third-order valence-corrected chi connectivity index (χ3v) is 4.03. The highest BCUT2D eigenvalue weighted by Crippen LogP contribution is 2.23. The highest BCUT2D eigenvalue weighted by Gasteiger charge is 2.28. The van der Waals surface area contributed by atoms with Crippen LogP contribution in [-0.2, 0) is 11.3 Å². The molecule has 2 unspecified atom stereocenters. The lowest BCUT2D eigenvalue weighted by molar-refractivity contribution is -0.386. The molecular weight excluding hydrogens is 272 g/mol. The third-order valence-electron chi connectivity index (χ3n) is 4.03. The van der Waals surface area contributed by atoms with Crippen LogP contribution >= 0.6 is 0 Å². The minimum atomic E-state index is -0.441. The standard InChI is InChI=1S/C14H22N4O3/c1-9-5-10(2)7-16(6-9)13(19)8-17-12(4)14(18(20)21)11(3)15-17/h9-10H,5-8H2,1-4H3. The van der Waals surface area contributed by atoms with E-state index in [1.54, 1.807) is 13.8 Å². The van der Waals surface area contributed by atoms with Crippen LogP contribution in [0.4, 0.5) is 5.69 Å². The van der Waals surface area contributed by atoms with Crippen LogP contribution in [0.3, 0.4) is 0 Å². The predicted molar refractivity (Wildman–Crippen MR) is 77.9 cm³/mol. The second-order valence-corrected chi connectivity index (χ2v) is 6.18. The summed E-state index contributed by atoms with van der Waals surface area (Å²) in [5.74, 6) is 0.967. The predicted octanol–water partition coefficient (Wildman–Crippen LogP) is 1.91. The molecule has 1 aromatic rings. The fourth-order valence-corrected chi connectivity index (χ4v) is 3.20. The van der Waals surface area contributed by atoms with Crippen molar-refractivity contribution >= 4 is 11.6 Å². The minimum absolute atomic E-state index is 0.00294. The molecular formula is C14H22N4O3. The first kappa shape index (κ1) is 15.5. The van der Waals surface area contributed by atoms with Crippen LogP contribution in [-0.4, -0.2) is 38.6 Å². The molecule has 1 aliphatic rings. The molecule has 0 aliphatic carbocycles. The number of carbonyl (C=O) groups excluding carboxylic acids is 1. The summed E-state index contributed by atoms with van der Waals surface area (Å²) in [6, 6.07) is 0. The number of nitrogens with zero attached hydrogens (tertiary/aromatic N) is 4. The Morgan fingerprint density at radius 3 is 2.38 bits per heavy atom. The smallest absolute Gasteiger partial charge is 0.312 e.